The predicted octanol–water partition coefficient (Wildman–Crippen LogP) is 0.394. The highest BCUT2D eigenvalue weighted by Gasteiger charge is 2.19. The van der Waals surface area contributed by atoms with Crippen molar-refractivity contribution in [3.8, 4) is 0 Å². The van der Waals surface area contributed by atoms with Gasteiger partial charge in [0.05, 0.1) is 4.92 Å². The number of aryl methyl sites for hydroxylation is 1. The highest BCUT2D eigenvalue weighted by molar-refractivity contribution is 5.56. The summed E-state index contributed by atoms with van der Waals surface area (Å²) in [6.07, 6.45) is 1.25. The molecule has 66 valence electrons. The Bertz CT molecular complexity index is 304. The van der Waals surface area contributed by atoms with Crippen LogP contribution in [-0.4, -0.2) is 28.8 Å². The molecular weight excluding hydrogens is 160 g/mol. The van der Waals surface area contributed by atoms with Crippen molar-refractivity contribution in [2.75, 3.05) is 19.0 Å². The van der Waals surface area contributed by atoms with E-state index in [1.165, 1.54) is 10.9 Å². The summed E-state index contributed by atoms with van der Waals surface area (Å²) in [5, 5.41) is 14.3. The largest absolute Gasteiger partial charge is 0.357 e. The van der Waals surface area contributed by atoms with Crippen LogP contribution in [0.2, 0.25) is 0 Å². The topological polar surface area (TPSA) is 64.2 Å². The minimum atomic E-state index is -0.442. The molecule has 0 saturated carbocycles. The monoisotopic (exact) mass is 170 g/mol. The first-order valence-electron chi connectivity index (χ1n) is 3.37. The minimum Gasteiger partial charge on any atom is -0.357 e. The number of hydrogen-bond donors (Lipinski definition) is 0. The summed E-state index contributed by atoms with van der Waals surface area (Å²) >= 11 is 0. The molecule has 0 spiro atoms. The number of rotatable bonds is 2. The van der Waals surface area contributed by atoms with Gasteiger partial charge in [0.25, 0.3) is 0 Å². The fourth-order valence-electron chi connectivity index (χ4n) is 1.07. The highest BCUT2D eigenvalue weighted by Crippen LogP contribution is 2.24. The van der Waals surface area contributed by atoms with Crippen LogP contribution in [0.4, 0.5) is 11.5 Å². The van der Waals surface area contributed by atoms with E-state index in [9.17, 15) is 10.1 Å². The summed E-state index contributed by atoms with van der Waals surface area (Å²) in [5.74, 6) is 0.500. The lowest BCUT2D eigenvalue weighted by molar-refractivity contribution is -0.384. The first-order chi connectivity index (χ1) is 5.54. The molecule has 1 rings (SSSR count). The lowest BCUT2D eigenvalue weighted by Gasteiger charge is -2.10. The normalized spacial score (nSPS) is 9.92. The van der Waals surface area contributed by atoms with E-state index < -0.39 is 4.92 Å². The van der Waals surface area contributed by atoms with Gasteiger partial charge < -0.3 is 4.90 Å². The van der Waals surface area contributed by atoms with Crippen molar-refractivity contribution in [3.63, 3.8) is 0 Å². The predicted molar refractivity (Wildman–Crippen MR) is 44.2 cm³/mol. The van der Waals surface area contributed by atoms with E-state index in [0.29, 0.717) is 5.82 Å². The summed E-state index contributed by atoms with van der Waals surface area (Å²) in [7, 11) is 5.15. The second kappa shape index (κ2) is 2.80. The fraction of sp³-hybridized carbons (Fsp3) is 0.500. The third-order valence-electron chi connectivity index (χ3n) is 1.51. The Hall–Kier alpha value is -1.59. The van der Waals surface area contributed by atoms with E-state index in [1.54, 1.807) is 26.0 Å². The first kappa shape index (κ1) is 8.51. The molecule has 12 heavy (non-hydrogen) atoms. The molecule has 0 unspecified atom stereocenters. The molecule has 1 aromatic rings. The zero-order valence-corrected chi connectivity index (χ0v) is 7.18. The van der Waals surface area contributed by atoms with Gasteiger partial charge in [0.2, 0.25) is 5.82 Å². The maximum Gasteiger partial charge on any atom is 0.331 e. The fourth-order valence-corrected chi connectivity index (χ4v) is 1.07. The molecule has 0 aliphatic carbocycles. The summed E-state index contributed by atoms with van der Waals surface area (Å²) in [5.41, 5.74) is 0.0301. The van der Waals surface area contributed by atoms with Crippen LogP contribution in [0.3, 0.4) is 0 Å². The van der Waals surface area contributed by atoms with Gasteiger partial charge in [-0.15, -0.1) is 0 Å². The Labute approximate surface area is 69.5 Å². The van der Waals surface area contributed by atoms with Gasteiger partial charge in [0, 0.05) is 21.1 Å². The van der Waals surface area contributed by atoms with Crippen molar-refractivity contribution >= 4 is 11.5 Å². The Balaban J connectivity index is 3.21. The molecule has 0 aliphatic rings. The third kappa shape index (κ3) is 1.23. The zero-order valence-electron chi connectivity index (χ0n) is 7.18. The molecule has 1 heterocycles. The smallest absolute Gasteiger partial charge is 0.331 e. The zero-order chi connectivity index (χ0) is 9.30. The van der Waals surface area contributed by atoms with Crippen molar-refractivity contribution < 1.29 is 4.92 Å². The van der Waals surface area contributed by atoms with E-state index in [4.69, 9.17) is 0 Å². The van der Waals surface area contributed by atoms with Crippen LogP contribution in [0, 0.1) is 10.1 Å². The van der Waals surface area contributed by atoms with Crippen molar-refractivity contribution in [2.24, 2.45) is 7.05 Å². The number of nitro groups is 1. The van der Waals surface area contributed by atoms with Crippen LogP contribution in [0.15, 0.2) is 6.20 Å². The molecule has 0 atom stereocenters. The van der Waals surface area contributed by atoms with Crippen molar-refractivity contribution in [1.29, 1.82) is 0 Å². The van der Waals surface area contributed by atoms with Gasteiger partial charge in [0.15, 0.2) is 0 Å². The Morgan fingerprint density at radius 1 is 1.67 bits per heavy atom. The van der Waals surface area contributed by atoms with Crippen molar-refractivity contribution in [1.82, 2.24) is 9.78 Å². The molecular formula is C6H10N4O2. The van der Waals surface area contributed by atoms with Gasteiger partial charge >= 0.3 is 5.69 Å². The van der Waals surface area contributed by atoms with Gasteiger partial charge in [0.1, 0.15) is 6.20 Å². The second-order valence-corrected chi connectivity index (χ2v) is 2.63. The molecule has 0 N–H and O–H groups in total. The van der Waals surface area contributed by atoms with Crippen molar-refractivity contribution in [2.45, 2.75) is 0 Å². The third-order valence-corrected chi connectivity index (χ3v) is 1.51. The average molecular weight is 170 g/mol. The van der Waals surface area contributed by atoms with Gasteiger partial charge in [-0.3, -0.25) is 10.1 Å². The number of aromatic nitrogens is 2. The average Bonchev–Trinajstić information content (AvgIpc) is 2.30. The lowest BCUT2D eigenvalue weighted by atomic mass is 10.5. The van der Waals surface area contributed by atoms with Gasteiger partial charge in [-0.25, -0.2) is 4.68 Å². The first-order valence-corrected chi connectivity index (χ1v) is 3.37. The molecule has 0 saturated heterocycles. The standard InChI is InChI=1S/C6H10N4O2/c1-8(2)6-5(10(11)12)4-7-9(6)3/h4H,1-3H3. The minimum absolute atomic E-state index is 0.0301. The van der Waals surface area contributed by atoms with Crippen LogP contribution >= 0.6 is 0 Å². The lowest BCUT2D eigenvalue weighted by Crippen LogP contribution is -2.14. The van der Waals surface area contributed by atoms with E-state index in [2.05, 4.69) is 5.10 Å². The maximum absolute atomic E-state index is 10.5. The van der Waals surface area contributed by atoms with E-state index in [0.717, 1.165) is 0 Å². The molecule has 0 fully saturated rings. The summed E-state index contributed by atoms with van der Waals surface area (Å²) in [6, 6.07) is 0. The van der Waals surface area contributed by atoms with E-state index >= 15 is 0 Å². The number of nitrogens with zero attached hydrogens (tertiary/aromatic N) is 4. The van der Waals surface area contributed by atoms with Crippen LogP contribution < -0.4 is 4.90 Å². The molecule has 6 heteroatoms. The molecule has 0 radical (unpaired) electrons. The molecule has 0 aliphatic heterocycles. The van der Waals surface area contributed by atoms with Crippen LogP contribution in [0.25, 0.3) is 0 Å². The molecule has 6 nitrogen and oxygen atoms in total. The maximum atomic E-state index is 10.5. The Morgan fingerprint density at radius 2 is 2.25 bits per heavy atom. The number of hydrogen-bond acceptors (Lipinski definition) is 4. The second-order valence-electron chi connectivity index (χ2n) is 2.63. The van der Waals surface area contributed by atoms with E-state index in [-0.39, 0.29) is 5.69 Å². The van der Waals surface area contributed by atoms with Crippen LogP contribution in [0.5, 0.6) is 0 Å². The molecule has 0 amide bonds. The Kier molecular flexibility index (Phi) is 1.99. The molecule has 0 bridgehead atoms. The summed E-state index contributed by atoms with van der Waals surface area (Å²) in [6.45, 7) is 0. The molecule has 0 aromatic carbocycles. The van der Waals surface area contributed by atoms with E-state index in [1.807, 2.05) is 0 Å². The molecule has 1 aromatic heterocycles. The van der Waals surface area contributed by atoms with Gasteiger partial charge in [-0.2, -0.15) is 5.10 Å². The Morgan fingerprint density at radius 3 is 2.58 bits per heavy atom. The van der Waals surface area contributed by atoms with Crippen molar-refractivity contribution in [3.05, 3.63) is 16.3 Å². The summed E-state index contributed by atoms with van der Waals surface area (Å²) < 4.78 is 1.47. The highest BCUT2D eigenvalue weighted by atomic mass is 16.6. The van der Waals surface area contributed by atoms with Crippen LogP contribution in [-0.2, 0) is 7.05 Å². The van der Waals surface area contributed by atoms with Gasteiger partial charge in [-0.05, 0) is 0 Å². The quantitative estimate of drug-likeness (QED) is 0.476. The summed E-state index contributed by atoms with van der Waals surface area (Å²) in [4.78, 5) is 11.7. The van der Waals surface area contributed by atoms with Crippen LogP contribution in [0.1, 0.15) is 0 Å². The van der Waals surface area contributed by atoms with Gasteiger partial charge in [-0.1, -0.05) is 0 Å². The number of anilines is 1. The SMILES string of the molecule is CN(C)c1c([N+](=O)[O-])cnn1C.